The highest BCUT2D eigenvalue weighted by atomic mass is 19.1. The minimum Gasteiger partial charge on any atom is -0.423 e. The number of carbonyl (C=O) groups excluding carboxylic acids is 1. The van der Waals surface area contributed by atoms with Gasteiger partial charge in [0.2, 0.25) is 0 Å². The lowest BCUT2D eigenvalue weighted by Gasteiger charge is -2.09. The molecule has 0 aliphatic heterocycles. The molecular formula is C14H13BFNO3. The Morgan fingerprint density at radius 1 is 1.15 bits per heavy atom. The molecule has 0 aliphatic rings. The molecule has 0 aromatic heterocycles. The van der Waals surface area contributed by atoms with Crippen molar-refractivity contribution in [1.29, 1.82) is 0 Å². The Labute approximate surface area is 116 Å². The molecule has 0 heterocycles. The molecule has 1 amide bonds. The molecule has 0 bridgehead atoms. The lowest BCUT2D eigenvalue weighted by atomic mass is 9.79. The summed E-state index contributed by atoms with van der Waals surface area (Å²) in [5.74, 6) is -1.58. The maximum Gasteiger partial charge on any atom is 0.491 e. The maximum absolute atomic E-state index is 14.0. The monoisotopic (exact) mass is 273 g/mol. The van der Waals surface area contributed by atoms with Gasteiger partial charge in [-0.3, -0.25) is 4.79 Å². The molecule has 0 radical (unpaired) electrons. The van der Waals surface area contributed by atoms with Crippen LogP contribution in [0.3, 0.4) is 0 Å². The summed E-state index contributed by atoms with van der Waals surface area (Å²) >= 11 is 0. The van der Waals surface area contributed by atoms with Crippen molar-refractivity contribution in [1.82, 2.24) is 0 Å². The molecule has 0 atom stereocenters. The normalized spacial score (nSPS) is 10.2. The highest BCUT2D eigenvalue weighted by molar-refractivity contribution is 6.58. The molecule has 0 fully saturated rings. The van der Waals surface area contributed by atoms with Crippen LogP contribution in [0.2, 0.25) is 0 Å². The fourth-order valence-corrected chi connectivity index (χ4v) is 1.76. The second-order valence-corrected chi connectivity index (χ2v) is 4.40. The highest BCUT2D eigenvalue weighted by Gasteiger charge is 2.21. The van der Waals surface area contributed by atoms with E-state index in [4.69, 9.17) is 10.0 Å². The standard InChI is InChI=1S/C14H13BFNO3/c1-9-5-7-10(8-6-9)17-14(18)11-3-2-4-12(13(11)16)15(19)20/h2-8,19-20H,1H3,(H,17,18). The van der Waals surface area contributed by atoms with Crippen molar-refractivity contribution in [2.24, 2.45) is 0 Å². The number of benzene rings is 2. The second kappa shape index (κ2) is 5.86. The molecule has 102 valence electrons. The van der Waals surface area contributed by atoms with Gasteiger partial charge in [-0.15, -0.1) is 0 Å². The molecular weight excluding hydrogens is 260 g/mol. The van der Waals surface area contributed by atoms with Crippen LogP contribution in [0, 0.1) is 12.7 Å². The first-order chi connectivity index (χ1) is 9.49. The first-order valence-corrected chi connectivity index (χ1v) is 6.01. The van der Waals surface area contributed by atoms with Gasteiger partial charge in [0.25, 0.3) is 5.91 Å². The highest BCUT2D eigenvalue weighted by Crippen LogP contribution is 2.12. The van der Waals surface area contributed by atoms with Crippen molar-refractivity contribution in [2.75, 3.05) is 5.32 Å². The van der Waals surface area contributed by atoms with Crippen molar-refractivity contribution in [3.05, 3.63) is 59.4 Å². The lowest BCUT2D eigenvalue weighted by Crippen LogP contribution is -2.34. The SMILES string of the molecule is Cc1ccc(NC(=O)c2cccc(B(O)O)c2F)cc1. The number of hydrogen-bond donors (Lipinski definition) is 3. The summed E-state index contributed by atoms with van der Waals surface area (Å²) in [5, 5.41) is 20.6. The number of hydrogen-bond acceptors (Lipinski definition) is 3. The minimum absolute atomic E-state index is 0.240. The Morgan fingerprint density at radius 2 is 1.80 bits per heavy atom. The summed E-state index contributed by atoms with van der Waals surface area (Å²) in [6.07, 6.45) is 0. The Bertz CT molecular complexity index is 629. The Balaban J connectivity index is 2.25. The maximum atomic E-state index is 14.0. The summed E-state index contributed by atoms with van der Waals surface area (Å²) in [6.45, 7) is 1.91. The van der Waals surface area contributed by atoms with Crippen LogP contribution in [-0.2, 0) is 0 Å². The number of aryl methyl sites for hydroxylation is 1. The van der Waals surface area contributed by atoms with E-state index in [1.54, 1.807) is 12.1 Å². The summed E-state index contributed by atoms with van der Waals surface area (Å²) in [7, 11) is -1.96. The molecule has 0 saturated carbocycles. The summed E-state index contributed by atoms with van der Waals surface area (Å²) < 4.78 is 14.0. The van der Waals surface area contributed by atoms with Gasteiger partial charge in [0.15, 0.2) is 0 Å². The van der Waals surface area contributed by atoms with E-state index in [2.05, 4.69) is 5.32 Å². The minimum atomic E-state index is -1.96. The van der Waals surface area contributed by atoms with E-state index in [1.165, 1.54) is 18.2 Å². The molecule has 0 unspecified atom stereocenters. The number of nitrogens with one attached hydrogen (secondary N) is 1. The van der Waals surface area contributed by atoms with Crippen molar-refractivity contribution >= 4 is 24.2 Å². The van der Waals surface area contributed by atoms with Crippen LogP contribution in [-0.4, -0.2) is 23.1 Å². The van der Waals surface area contributed by atoms with E-state index in [-0.39, 0.29) is 11.0 Å². The van der Waals surface area contributed by atoms with Crippen LogP contribution in [0.4, 0.5) is 10.1 Å². The molecule has 0 aliphatic carbocycles. The van der Waals surface area contributed by atoms with Gasteiger partial charge in [0.05, 0.1) is 5.56 Å². The third kappa shape index (κ3) is 3.04. The largest absolute Gasteiger partial charge is 0.491 e. The Kier molecular flexibility index (Phi) is 4.17. The van der Waals surface area contributed by atoms with Gasteiger partial charge in [-0.05, 0) is 25.1 Å². The van der Waals surface area contributed by atoms with Crippen LogP contribution in [0.25, 0.3) is 0 Å². The average Bonchev–Trinajstić information content (AvgIpc) is 2.41. The third-order valence-corrected chi connectivity index (χ3v) is 2.86. The average molecular weight is 273 g/mol. The van der Waals surface area contributed by atoms with Crippen LogP contribution in [0.5, 0.6) is 0 Å². The topological polar surface area (TPSA) is 69.6 Å². The van der Waals surface area contributed by atoms with E-state index >= 15 is 0 Å². The number of anilines is 1. The first-order valence-electron chi connectivity index (χ1n) is 6.01. The predicted octanol–water partition coefficient (Wildman–Crippen LogP) is 1.07. The second-order valence-electron chi connectivity index (χ2n) is 4.40. The van der Waals surface area contributed by atoms with Crippen molar-refractivity contribution < 1.29 is 19.2 Å². The van der Waals surface area contributed by atoms with E-state index in [0.29, 0.717) is 5.69 Å². The van der Waals surface area contributed by atoms with Crippen LogP contribution >= 0.6 is 0 Å². The number of carbonyl (C=O) groups is 1. The summed E-state index contributed by atoms with van der Waals surface area (Å²) in [5.41, 5.74) is 1.01. The Hall–Kier alpha value is -2.18. The smallest absolute Gasteiger partial charge is 0.423 e. The molecule has 3 N–H and O–H groups in total. The molecule has 4 nitrogen and oxygen atoms in total. The number of rotatable bonds is 3. The van der Waals surface area contributed by atoms with Gasteiger partial charge in [0, 0.05) is 11.2 Å². The van der Waals surface area contributed by atoms with Gasteiger partial charge in [0.1, 0.15) is 5.82 Å². The van der Waals surface area contributed by atoms with Crippen molar-refractivity contribution in [3.8, 4) is 0 Å². The first kappa shape index (κ1) is 14.2. The van der Waals surface area contributed by atoms with Crippen LogP contribution in [0.1, 0.15) is 15.9 Å². The zero-order valence-corrected chi connectivity index (χ0v) is 10.8. The van der Waals surface area contributed by atoms with Crippen LogP contribution in [0.15, 0.2) is 42.5 Å². The zero-order valence-electron chi connectivity index (χ0n) is 10.8. The quantitative estimate of drug-likeness (QED) is 0.732. The third-order valence-electron chi connectivity index (χ3n) is 2.86. The van der Waals surface area contributed by atoms with Gasteiger partial charge < -0.3 is 15.4 Å². The molecule has 2 rings (SSSR count). The van der Waals surface area contributed by atoms with Gasteiger partial charge in [-0.1, -0.05) is 29.8 Å². The molecule has 2 aromatic carbocycles. The van der Waals surface area contributed by atoms with E-state index in [9.17, 15) is 9.18 Å². The zero-order chi connectivity index (χ0) is 14.7. The number of halogens is 1. The fourth-order valence-electron chi connectivity index (χ4n) is 1.76. The molecule has 0 spiro atoms. The van der Waals surface area contributed by atoms with Gasteiger partial charge in [-0.25, -0.2) is 4.39 Å². The van der Waals surface area contributed by atoms with Crippen molar-refractivity contribution in [3.63, 3.8) is 0 Å². The number of amides is 1. The van der Waals surface area contributed by atoms with Crippen LogP contribution < -0.4 is 10.8 Å². The fraction of sp³-hybridized carbons (Fsp3) is 0.0714. The summed E-state index contributed by atoms with van der Waals surface area (Å²) in [4.78, 5) is 12.0. The van der Waals surface area contributed by atoms with Gasteiger partial charge >= 0.3 is 7.12 Å². The molecule has 20 heavy (non-hydrogen) atoms. The lowest BCUT2D eigenvalue weighted by molar-refractivity contribution is 0.102. The van der Waals surface area contributed by atoms with E-state index in [0.717, 1.165) is 5.56 Å². The van der Waals surface area contributed by atoms with Crippen molar-refractivity contribution in [2.45, 2.75) is 6.92 Å². The van der Waals surface area contributed by atoms with E-state index < -0.39 is 18.8 Å². The van der Waals surface area contributed by atoms with E-state index in [1.807, 2.05) is 19.1 Å². The van der Waals surface area contributed by atoms with Gasteiger partial charge in [-0.2, -0.15) is 0 Å². The predicted molar refractivity (Wildman–Crippen MR) is 75.4 cm³/mol. The molecule has 2 aromatic rings. The molecule has 0 saturated heterocycles. The summed E-state index contributed by atoms with van der Waals surface area (Å²) in [6, 6.07) is 10.9. The Morgan fingerprint density at radius 3 is 2.40 bits per heavy atom. The molecule has 6 heteroatoms.